The minimum absolute atomic E-state index is 0.182. The predicted octanol–water partition coefficient (Wildman–Crippen LogP) is 3.08. The van der Waals surface area contributed by atoms with Crippen LogP contribution in [0.5, 0.6) is 11.5 Å². The first kappa shape index (κ1) is 19.8. The number of esters is 1. The summed E-state index contributed by atoms with van der Waals surface area (Å²) in [5.74, 6) is -0.0110. The zero-order chi connectivity index (χ0) is 19.3. The molecule has 0 N–H and O–H groups in total. The summed E-state index contributed by atoms with van der Waals surface area (Å²) >= 11 is 0.787. The SMILES string of the molecule is CCOC(=O)[C@H](C)N1C(=O)S/C(=C/c2ccc(OCC)c(OC)c2)C1=O. The molecule has 0 aliphatic carbocycles. The van der Waals surface area contributed by atoms with Gasteiger partial charge in [-0.3, -0.25) is 14.5 Å². The molecule has 1 atom stereocenters. The third kappa shape index (κ3) is 4.19. The molecule has 8 heteroatoms. The molecule has 0 radical (unpaired) electrons. The van der Waals surface area contributed by atoms with E-state index in [2.05, 4.69) is 0 Å². The average Bonchev–Trinajstić information content (AvgIpc) is 2.89. The summed E-state index contributed by atoms with van der Waals surface area (Å²) in [5, 5.41) is -0.500. The Morgan fingerprint density at radius 3 is 2.58 bits per heavy atom. The Morgan fingerprint density at radius 1 is 1.23 bits per heavy atom. The summed E-state index contributed by atoms with van der Waals surface area (Å²) in [6, 6.07) is 4.24. The summed E-state index contributed by atoms with van der Waals surface area (Å²) < 4.78 is 15.6. The van der Waals surface area contributed by atoms with Crippen LogP contribution in [0.3, 0.4) is 0 Å². The number of methoxy groups -OCH3 is 1. The molecule has 140 valence electrons. The van der Waals surface area contributed by atoms with Crippen molar-refractivity contribution in [2.24, 2.45) is 0 Å². The molecule has 0 spiro atoms. The van der Waals surface area contributed by atoms with Gasteiger partial charge in [0.25, 0.3) is 11.1 Å². The summed E-state index contributed by atoms with van der Waals surface area (Å²) in [7, 11) is 1.52. The number of carbonyl (C=O) groups excluding carboxylic acids is 3. The molecule has 1 aromatic rings. The lowest BCUT2D eigenvalue weighted by atomic mass is 10.1. The van der Waals surface area contributed by atoms with E-state index < -0.39 is 23.2 Å². The molecule has 7 nitrogen and oxygen atoms in total. The van der Waals surface area contributed by atoms with Crippen molar-refractivity contribution in [3.05, 3.63) is 28.7 Å². The number of nitrogens with zero attached hydrogens (tertiary/aromatic N) is 1. The maximum absolute atomic E-state index is 12.5. The van der Waals surface area contributed by atoms with E-state index >= 15 is 0 Å². The molecule has 2 amide bonds. The minimum Gasteiger partial charge on any atom is -0.493 e. The van der Waals surface area contributed by atoms with Gasteiger partial charge in [-0.1, -0.05) is 6.07 Å². The Morgan fingerprint density at radius 2 is 1.96 bits per heavy atom. The van der Waals surface area contributed by atoms with Crippen molar-refractivity contribution in [1.29, 1.82) is 0 Å². The third-order valence-electron chi connectivity index (χ3n) is 3.62. The first-order chi connectivity index (χ1) is 12.4. The fourth-order valence-electron chi connectivity index (χ4n) is 2.38. The molecular weight excluding hydrogens is 358 g/mol. The highest BCUT2D eigenvalue weighted by atomic mass is 32.2. The lowest BCUT2D eigenvalue weighted by Gasteiger charge is -2.19. The summed E-state index contributed by atoms with van der Waals surface area (Å²) in [6.45, 7) is 5.68. The smallest absolute Gasteiger partial charge is 0.329 e. The second-order valence-corrected chi connectivity index (χ2v) is 6.32. The molecule has 1 aliphatic rings. The molecule has 0 bridgehead atoms. The zero-order valence-electron chi connectivity index (χ0n) is 15.1. The van der Waals surface area contributed by atoms with Crippen LogP contribution in [0.1, 0.15) is 26.3 Å². The predicted molar refractivity (Wildman–Crippen MR) is 98.1 cm³/mol. The molecule has 0 unspecified atom stereocenters. The Balaban J connectivity index is 2.25. The van der Waals surface area contributed by atoms with Gasteiger partial charge in [0.05, 0.1) is 25.2 Å². The quantitative estimate of drug-likeness (QED) is 0.532. The van der Waals surface area contributed by atoms with Gasteiger partial charge in [-0.2, -0.15) is 0 Å². The van der Waals surface area contributed by atoms with E-state index in [9.17, 15) is 14.4 Å². The van der Waals surface area contributed by atoms with Gasteiger partial charge in [0.2, 0.25) is 0 Å². The van der Waals surface area contributed by atoms with Gasteiger partial charge in [0.15, 0.2) is 11.5 Å². The maximum atomic E-state index is 12.5. The summed E-state index contributed by atoms with van der Waals surface area (Å²) in [6.07, 6.45) is 1.58. The number of thioether (sulfide) groups is 1. The van der Waals surface area contributed by atoms with E-state index in [1.54, 1.807) is 31.2 Å². The molecule has 2 rings (SSSR count). The van der Waals surface area contributed by atoms with Crippen LogP contribution in [-0.2, 0) is 14.3 Å². The molecule has 1 saturated heterocycles. The number of benzene rings is 1. The van der Waals surface area contributed by atoms with E-state index in [1.807, 2.05) is 6.92 Å². The number of carbonyl (C=O) groups is 3. The van der Waals surface area contributed by atoms with Crippen LogP contribution in [0, 0.1) is 0 Å². The van der Waals surface area contributed by atoms with Crippen molar-refractivity contribution in [2.75, 3.05) is 20.3 Å². The van der Waals surface area contributed by atoms with Crippen LogP contribution in [-0.4, -0.2) is 48.4 Å². The Bertz CT molecular complexity index is 745. The highest BCUT2D eigenvalue weighted by Gasteiger charge is 2.41. The Labute approximate surface area is 156 Å². The van der Waals surface area contributed by atoms with Crippen LogP contribution >= 0.6 is 11.8 Å². The molecule has 1 heterocycles. The first-order valence-corrected chi connectivity index (χ1v) is 8.99. The van der Waals surface area contributed by atoms with E-state index in [1.165, 1.54) is 14.0 Å². The van der Waals surface area contributed by atoms with E-state index in [0.29, 0.717) is 23.7 Å². The fraction of sp³-hybridized carbons (Fsp3) is 0.389. The number of hydrogen-bond donors (Lipinski definition) is 0. The third-order valence-corrected chi connectivity index (χ3v) is 4.51. The van der Waals surface area contributed by atoms with Crippen molar-refractivity contribution in [2.45, 2.75) is 26.8 Å². The lowest BCUT2D eigenvalue weighted by Crippen LogP contribution is -2.42. The highest BCUT2D eigenvalue weighted by Crippen LogP contribution is 2.35. The molecule has 0 saturated carbocycles. The van der Waals surface area contributed by atoms with Crippen LogP contribution in [0.15, 0.2) is 23.1 Å². The maximum Gasteiger partial charge on any atom is 0.329 e. The number of rotatable bonds is 7. The van der Waals surface area contributed by atoms with E-state index in [4.69, 9.17) is 14.2 Å². The first-order valence-electron chi connectivity index (χ1n) is 8.17. The van der Waals surface area contributed by atoms with Gasteiger partial charge in [-0.15, -0.1) is 0 Å². The zero-order valence-corrected chi connectivity index (χ0v) is 15.9. The van der Waals surface area contributed by atoms with Crippen LogP contribution in [0.25, 0.3) is 6.08 Å². The normalized spacial score (nSPS) is 16.8. The van der Waals surface area contributed by atoms with Gasteiger partial charge in [0.1, 0.15) is 6.04 Å². The molecule has 1 fully saturated rings. The average molecular weight is 379 g/mol. The fourth-order valence-corrected chi connectivity index (χ4v) is 3.29. The highest BCUT2D eigenvalue weighted by molar-refractivity contribution is 8.18. The summed E-state index contributed by atoms with van der Waals surface area (Å²) in [4.78, 5) is 37.7. The van der Waals surface area contributed by atoms with Crippen LogP contribution < -0.4 is 9.47 Å². The molecular formula is C18H21NO6S. The lowest BCUT2D eigenvalue weighted by molar-refractivity contribution is -0.150. The van der Waals surface area contributed by atoms with Gasteiger partial charge in [-0.05, 0) is 56.3 Å². The number of amides is 2. The molecule has 0 aromatic heterocycles. The largest absolute Gasteiger partial charge is 0.493 e. The number of hydrogen-bond acceptors (Lipinski definition) is 7. The number of imide groups is 1. The van der Waals surface area contributed by atoms with Crippen molar-refractivity contribution in [3.63, 3.8) is 0 Å². The van der Waals surface area contributed by atoms with Gasteiger partial charge < -0.3 is 14.2 Å². The summed E-state index contributed by atoms with van der Waals surface area (Å²) in [5.41, 5.74) is 0.680. The van der Waals surface area contributed by atoms with Gasteiger partial charge >= 0.3 is 5.97 Å². The molecule has 1 aromatic carbocycles. The van der Waals surface area contributed by atoms with Crippen molar-refractivity contribution < 1.29 is 28.6 Å². The van der Waals surface area contributed by atoms with Crippen molar-refractivity contribution >= 4 is 35.0 Å². The standard InChI is InChI=1S/C18H21NO6S/c1-5-24-13-8-7-12(9-14(13)23-4)10-15-16(20)19(18(22)26-15)11(3)17(21)25-6-2/h7-11H,5-6H2,1-4H3/b15-10+/t11-/m0/s1. The minimum atomic E-state index is -0.969. The topological polar surface area (TPSA) is 82.1 Å². The monoisotopic (exact) mass is 379 g/mol. The molecule has 1 aliphatic heterocycles. The van der Waals surface area contributed by atoms with Crippen LogP contribution in [0.2, 0.25) is 0 Å². The molecule has 26 heavy (non-hydrogen) atoms. The Hall–Kier alpha value is -2.48. The van der Waals surface area contributed by atoms with Crippen molar-refractivity contribution in [1.82, 2.24) is 4.90 Å². The van der Waals surface area contributed by atoms with E-state index in [0.717, 1.165) is 16.7 Å². The van der Waals surface area contributed by atoms with Crippen molar-refractivity contribution in [3.8, 4) is 11.5 Å². The van der Waals surface area contributed by atoms with Crippen LogP contribution in [0.4, 0.5) is 4.79 Å². The van der Waals surface area contributed by atoms with E-state index in [-0.39, 0.29) is 11.5 Å². The second-order valence-electron chi connectivity index (χ2n) is 5.32. The van der Waals surface area contributed by atoms with Gasteiger partial charge in [-0.25, -0.2) is 4.79 Å². The second kappa shape index (κ2) is 8.75. The Kier molecular flexibility index (Phi) is 6.68. The van der Waals surface area contributed by atoms with Gasteiger partial charge in [0, 0.05) is 0 Å². The number of ether oxygens (including phenoxy) is 3.